The van der Waals surface area contributed by atoms with E-state index in [4.69, 9.17) is 10.5 Å². The molecule has 2 aromatic heterocycles. The smallest absolute Gasteiger partial charge is 0.358 e. The first kappa shape index (κ1) is 13.1. The van der Waals surface area contributed by atoms with E-state index >= 15 is 0 Å². The van der Waals surface area contributed by atoms with Crippen LogP contribution in [-0.2, 0) is 17.8 Å². The number of aryl methyl sites for hydroxylation is 2. The summed E-state index contributed by atoms with van der Waals surface area (Å²) in [6, 6.07) is 1.81. The molecule has 7 nitrogen and oxygen atoms in total. The van der Waals surface area contributed by atoms with E-state index in [1.807, 2.05) is 19.2 Å². The summed E-state index contributed by atoms with van der Waals surface area (Å²) in [5.41, 5.74) is 7.18. The number of nitrogen functional groups attached to an aromatic ring is 1. The summed E-state index contributed by atoms with van der Waals surface area (Å²) in [5, 5.41) is 8.21. The lowest BCUT2D eigenvalue weighted by Gasteiger charge is -2.07. The summed E-state index contributed by atoms with van der Waals surface area (Å²) in [6.45, 7) is 4.99. The van der Waals surface area contributed by atoms with E-state index in [0.717, 1.165) is 0 Å². The van der Waals surface area contributed by atoms with Crippen LogP contribution in [0.5, 0.6) is 0 Å². The third kappa shape index (κ3) is 2.75. The number of nitrogens with zero attached hydrogens (tertiary/aromatic N) is 4. The van der Waals surface area contributed by atoms with Gasteiger partial charge in [0.1, 0.15) is 6.61 Å². The van der Waals surface area contributed by atoms with Gasteiger partial charge in [0.25, 0.3) is 0 Å². The number of hydrogen-bond acceptors (Lipinski definition) is 5. The lowest BCUT2D eigenvalue weighted by Crippen LogP contribution is -2.17. The van der Waals surface area contributed by atoms with Crippen molar-refractivity contribution in [1.82, 2.24) is 19.6 Å². The van der Waals surface area contributed by atoms with E-state index in [-0.39, 0.29) is 6.61 Å². The molecule has 0 amide bonds. The van der Waals surface area contributed by atoms with Crippen molar-refractivity contribution in [2.45, 2.75) is 26.9 Å². The molecule has 0 fully saturated rings. The van der Waals surface area contributed by atoms with Gasteiger partial charge < -0.3 is 10.5 Å². The summed E-state index contributed by atoms with van der Waals surface area (Å²) in [7, 11) is 0. The second-order valence-electron chi connectivity index (χ2n) is 4.07. The molecule has 2 heterocycles. The zero-order valence-corrected chi connectivity index (χ0v) is 11.0. The number of hydrogen-bond donors (Lipinski definition) is 1. The SMILES string of the molecule is CCn1nc(C)c(N)c1C(=O)OCCn1cccn1. The molecule has 2 rings (SSSR count). The number of ether oxygens (including phenoxy) is 1. The van der Waals surface area contributed by atoms with Crippen molar-refractivity contribution in [3.05, 3.63) is 29.8 Å². The first-order valence-corrected chi connectivity index (χ1v) is 6.11. The topological polar surface area (TPSA) is 88.0 Å². The maximum atomic E-state index is 12.0. The normalized spacial score (nSPS) is 10.6. The maximum Gasteiger partial charge on any atom is 0.358 e. The zero-order chi connectivity index (χ0) is 13.8. The fourth-order valence-corrected chi connectivity index (χ4v) is 1.77. The molecule has 0 spiro atoms. The molecule has 0 aliphatic heterocycles. The van der Waals surface area contributed by atoms with Crippen LogP contribution in [0.3, 0.4) is 0 Å². The molecule has 0 aliphatic rings. The Bertz CT molecular complexity index is 559. The minimum Gasteiger partial charge on any atom is -0.459 e. The van der Waals surface area contributed by atoms with E-state index < -0.39 is 5.97 Å². The van der Waals surface area contributed by atoms with Crippen molar-refractivity contribution in [2.24, 2.45) is 0 Å². The summed E-state index contributed by atoms with van der Waals surface area (Å²) in [5.74, 6) is -0.452. The molecule has 2 aromatic rings. The highest BCUT2D eigenvalue weighted by molar-refractivity contribution is 5.93. The Hall–Kier alpha value is -2.31. The van der Waals surface area contributed by atoms with E-state index in [1.54, 1.807) is 22.5 Å². The first-order chi connectivity index (χ1) is 9.13. The van der Waals surface area contributed by atoms with Crippen LogP contribution in [-0.4, -0.2) is 32.1 Å². The van der Waals surface area contributed by atoms with Crippen molar-refractivity contribution in [2.75, 3.05) is 12.3 Å². The van der Waals surface area contributed by atoms with Crippen LogP contribution in [0.1, 0.15) is 23.1 Å². The molecule has 19 heavy (non-hydrogen) atoms. The number of anilines is 1. The number of carbonyl (C=O) groups is 1. The van der Waals surface area contributed by atoms with Crippen molar-refractivity contribution < 1.29 is 9.53 Å². The predicted octanol–water partition coefficient (Wildman–Crippen LogP) is 0.847. The number of aromatic nitrogens is 4. The molecule has 0 saturated heterocycles. The molecule has 0 atom stereocenters. The molecule has 0 bridgehead atoms. The second-order valence-corrected chi connectivity index (χ2v) is 4.07. The van der Waals surface area contributed by atoms with Crippen LogP contribution in [0.4, 0.5) is 5.69 Å². The molecular weight excluding hydrogens is 246 g/mol. The van der Waals surface area contributed by atoms with Crippen LogP contribution in [0, 0.1) is 6.92 Å². The van der Waals surface area contributed by atoms with E-state index in [1.165, 1.54) is 0 Å². The van der Waals surface area contributed by atoms with E-state index in [2.05, 4.69) is 10.2 Å². The molecule has 7 heteroatoms. The van der Waals surface area contributed by atoms with Gasteiger partial charge in [-0.05, 0) is 19.9 Å². The number of rotatable bonds is 5. The van der Waals surface area contributed by atoms with Gasteiger partial charge >= 0.3 is 5.97 Å². The summed E-state index contributed by atoms with van der Waals surface area (Å²) >= 11 is 0. The standard InChI is InChI=1S/C12H17N5O2/c1-3-17-11(10(13)9(2)15-17)12(18)19-8-7-16-6-4-5-14-16/h4-6H,3,7-8,13H2,1-2H3. The van der Waals surface area contributed by atoms with Gasteiger partial charge in [-0.25, -0.2) is 4.79 Å². The Morgan fingerprint density at radius 3 is 2.95 bits per heavy atom. The quantitative estimate of drug-likeness (QED) is 0.808. The fraction of sp³-hybridized carbons (Fsp3) is 0.417. The van der Waals surface area contributed by atoms with Gasteiger partial charge in [-0.3, -0.25) is 9.36 Å². The van der Waals surface area contributed by atoms with Gasteiger partial charge in [-0.2, -0.15) is 10.2 Å². The molecule has 0 radical (unpaired) electrons. The second kappa shape index (κ2) is 5.55. The molecule has 0 saturated carbocycles. The Morgan fingerprint density at radius 2 is 2.32 bits per heavy atom. The minimum atomic E-state index is -0.452. The largest absolute Gasteiger partial charge is 0.459 e. The molecule has 2 N–H and O–H groups in total. The zero-order valence-electron chi connectivity index (χ0n) is 11.0. The summed E-state index contributed by atoms with van der Waals surface area (Å²) < 4.78 is 8.45. The lowest BCUT2D eigenvalue weighted by atomic mass is 10.3. The van der Waals surface area contributed by atoms with Crippen LogP contribution in [0.2, 0.25) is 0 Å². The minimum absolute atomic E-state index is 0.244. The molecule has 0 aliphatic carbocycles. The van der Waals surface area contributed by atoms with E-state index in [9.17, 15) is 4.79 Å². The van der Waals surface area contributed by atoms with Crippen molar-refractivity contribution in [1.29, 1.82) is 0 Å². The van der Waals surface area contributed by atoms with Crippen molar-refractivity contribution in [3.8, 4) is 0 Å². The van der Waals surface area contributed by atoms with Crippen LogP contribution in [0.25, 0.3) is 0 Å². The van der Waals surface area contributed by atoms with Crippen LogP contribution >= 0.6 is 0 Å². The van der Waals surface area contributed by atoms with Gasteiger partial charge in [0.05, 0.1) is 17.9 Å². The number of nitrogens with two attached hydrogens (primary N) is 1. The number of esters is 1. The summed E-state index contributed by atoms with van der Waals surface area (Å²) in [4.78, 5) is 12.0. The highest BCUT2D eigenvalue weighted by Gasteiger charge is 2.20. The van der Waals surface area contributed by atoms with Gasteiger partial charge in [0.15, 0.2) is 5.69 Å². The highest BCUT2D eigenvalue weighted by atomic mass is 16.5. The molecule has 0 aromatic carbocycles. The van der Waals surface area contributed by atoms with Gasteiger partial charge in [0.2, 0.25) is 0 Å². The third-order valence-electron chi connectivity index (χ3n) is 2.78. The van der Waals surface area contributed by atoms with Crippen LogP contribution < -0.4 is 5.73 Å². The van der Waals surface area contributed by atoms with E-state index in [0.29, 0.717) is 30.2 Å². The highest BCUT2D eigenvalue weighted by Crippen LogP contribution is 2.17. The average Bonchev–Trinajstić information content (AvgIpc) is 2.99. The van der Waals surface area contributed by atoms with Gasteiger partial charge in [0, 0.05) is 18.9 Å². The van der Waals surface area contributed by atoms with Crippen LogP contribution in [0.15, 0.2) is 18.5 Å². The monoisotopic (exact) mass is 263 g/mol. The van der Waals surface area contributed by atoms with Gasteiger partial charge in [-0.15, -0.1) is 0 Å². The van der Waals surface area contributed by atoms with Crippen molar-refractivity contribution in [3.63, 3.8) is 0 Å². The third-order valence-corrected chi connectivity index (χ3v) is 2.78. The number of carbonyl (C=O) groups excluding carboxylic acids is 1. The molecule has 0 unspecified atom stereocenters. The Balaban J connectivity index is 2.00. The fourth-order valence-electron chi connectivity index (χ4n) is 1.77. The predicted molar refractivity (Wildman–Crippen MR) is 69.6 cm³/mol. The lowest BCUT2D eigenvalue weighted by molar-refractivity contribution is 0.0475. The first-order valence-electron chi connectivity index (χ1n) is 6.11. The Morgan fingerprint density at radius 1 is 1.53 bits per heavy atom. The Labute approximate surface area is 111 Å². The summed E-state index contributed by atoms with van der Waals surface area (Å²) in [6.07, 6.45) is 3.48. The molecular formula is C12H17N5O2. The Kier molecular flexibility index (Phi) is 3.84. The average molecular weight is 263 g/mol. The van der Waals surface area contributed by atoms with Gasteiger partial charge in [-0.1, -0.05) is 0 Å². The van der Waals surface area contributed by atoms with Crippen molar-refractivity contribution >= 4 is 11.7 Å². The molecule has 102 valence electrons. The maximum absolute atomic E-state index is 12.0.